The number of carbonyl (C=O) groups excluding carboxylic acids is 1. The van der Waals surface area contributed by atoms with Gasteiger partial charge in [-0.3, -0.25) is 4.79 Å². The number of nitrogens with one attached hydrogen (secondary N) is 1. The third kappa shape index (κ3) is 5.86. The van der Waals surface area contributed by atoms with Crippen LogP contribution in [0.1, 0.15) is 30.0 Å². The normalized spacial score (nSPS) is 10.8. The van der Waals surface area contributed by atoms with Gasteiger partial charge in [-0.15, -0.1) is 0 Å². The van der Waals surface area contributed by atoms with Crippen molar-refractivity contribution < 1.29 is 13.6 Å². The number of aromatic nitrogens is 3. The number of carbonyl (C=O) groups is 1. The molecule has 0 unspecified atom stereocenters. The minimum Gasteiger partial charge on any atom is -0.441 e. The molecule has 4 aromatic rings. The van der Waals surface area contributed by atoms with E-state index in [-0.39, 0.29) is 29.5 Å². The van der Waals surface area contributed by atoms with E-state index < -0.39 is 0 Å². The maximum Gasteiger partial charge on any atom is 0.220 e. The molecule has 2 aromatic heterocycles. The molecule has 0 saturated heterocycles. The summed E-state index contributed by atoms with van der Waals surface area (Å²) < 4.78 is 20.3. The second kappa shape index (κ2) is 10.8. The number of anilines is 1. The van der Waals surface area contributed by atoms with E-state index in [0.717, 1.165) is 5.56 Å². The van der Waals surface area contributed by atoms with Crippen LogP contribution in [0.2, 0.25) is 5.02 Å². The summed E-state index contributed by atoms with van der Waals surface area (Å²) in [6.45, 7) is 0.411. The monoisotopic (exact) mass is 492 g/mol. The second-order valence-electron chi connectivity index (χ2n) is 7.79. The van der Waals surface area contributed by atoms with Crippen molar-refractivity contribution in [3.8, 4) is 23.1 Å². The lowest BCUT2D eigenvalue weighted by Crippen LogP contribution is -2.25. The second-order valence-corrected chi connectivity index (χ2v) is 8.22. The van der Waals surface area contributed by atoms with Gasteiger partial charge in [0.25, 0.3) is 0 Å². The summed E-state index contributed by atoms with van der Waals surface area (Å²) in [4.78, 5) is 16.4. The Morgan fingerprint density at radius 1 is 1.17 bits per heavy atom. The van der Waals surface area contributed by atoms with Crippen molar-refractivity contribution in [1.82, 2.24) is 20.1 Å². The maximum atomic E-state index is 13.2. The standard InChI is InChI=1S/C25H22ClFN6O2/c26-17-5-3-16(4-6-17)22-15-31-24(35-22)12-11-23(34)30-13-1-2-21-20(14-28)25(29)33(32-21)19-9-7-18(27)8-10-19/h3-10,15H,1-2,11-13,29H2,(H,30,34). The Hall–Kier alpha value is -4.16. The van der Waals surface area contributed by atoms with Crippen LogP contribution in [0.3, 0.4) is 0 Å². The fourth-order valence-corrected chi connectivity index (χ4v) is 3.65. The molecule has 0 aliphatic heterocycles. The number of halogens is 2. The van der Waals surface area contributed by atoms with E-state index in [4.69, 9.17) is 21.8 Å². The van der Waals surface area contributed by atoms with Crippen molar-refractivity contribution in [2.45, 2.75) is 25.7 Å². The van der Waals surface area contributed by atoms with E-state index in [1.54, 1.807) is 18.3 Å². The first kappa shape index (κ1) is 24.0. The van der Waals surface area contributed by atoms with Gasteiger partial charge in [-0.05, 0) is 61.4 Å². The zero-order valence-electron chi connectivity index (χ0n) is 18.7. The van der Waals surface area contributed by atoms with Gasteiger partial charge in [0.1, 0.15) is 23.3 Å². The molecule has 0 saturated carbocycles. The average molecular weight is 493 g/mol. The van der Waals surface area contributed by atoms with Gasteiger partial charge in [0, 0.05) is 30.0 Å². The fourth-order valence-electron chi connectivity index (χ4n) is 3.52. The van der Waals surface area contributed by atoms with Crippen LogP contribution in [0.5, 0.6) is 0 Å². The van der Waals surface area contributed by atoms with Gasteiger partial charge in [0.15, 0.2) is 11.7 Å². The molecule has 0 fully saturated rings. The molecule has 0 atom stereocenters. The van der Waals surface area contributed by atoms with Gasteiger partial charge in [-0.2, -0.15) is 10.4 Å². The lowest BCUT2D eigenvalue weighted by atomic mass is 10.1. The lowest BCUT2D eigenvalue weighted by molar-refractivity contribution is -0.121. The number of amides is 1. The lowest BCUT2D eigenvalue weighted by Gasteiger charge is -2.04. The number of nitriles is 1. The highest BCUT2D eigenvalue weighted by Gasteiger charge is 2.16. The van der Waals surface area contributed by atoms with Crippen molar-refractivity contribution in [1.29, 1.82) is 5.26 Å². The Labute approximate surface area is 206 Å². The summed E-state index contributed by atoms with van der Waals surface area (Å²) in [6.07, 6.45) is 3.25. The van der Waals surface area contributed by atoms with E-state index in [2.05, 4.69) is 21.5 Å². The van der Waals surface area contributed by atoms with Crippen LogP contribution >= 0.6 is 11.6 Å². The molecule has 0 aliphatic rings. The summed E-state index contributed by atoms with van der Waals surface area (Å²) in [5.41, 5.74) is 8.30. The predicted molar refractivity (Wildman–Crippen MR) is 129 cm³/mol. The average Bonchev–Trinajstić information content (AvgIpc) is 3.46. The van der Waals surface area contributed by atoms with Gasteiger partial charge in [0.05, 0.1) is 17.6 Å². The number of oxazole rings is 1. The van der Waals surface area contributed by atoms with Crippen LogP contribution in [0.4, 0.5) is 10.2 Å². The minimum absolute atomic E-state index is 0.131. The first-order chi connectivity index (χ1) is 16.9. The third-order valence-corrected chi connectivity index (χ3v) is 5.59. The molecule has 1 amide bonds. The maximum absolute atomic E-state index is 13.2. The van der Waals surface area contributed by atoms with Gasteiger partial charge < -0.3 is 15.5 Å². The molecule has 0 radical (unpaired) electrons. The molecular weight excluding hydrogens is 471 g/mol. The Bertz CT molecular complexity index is 1360. The van der Waals surface area contributed by atoms with E-state index in [9.17, 15) is 14.4 Å². The number of rotatable bonds is 9. The number of hydrogen-bond donors (Lipinski definition) is 2. The van der Waals surface area contributed by atoms with Crippen molar-refractivity contribution in [3.63, 3.8) is 0 Å². The topological polar surface area (TPSA) is 123 Å². The van der Waals surface area contributed by atoms with Crippen LogP contribution in [0.25, 0.3) is 17.0 Å². The minimum atomic E-state index is -0.374. The van der Waals surface area contributed by atoms with Crippen LogP contribution in [-0.4, -0.2) is 27.2 Å². The van der Waals surface area contributed by atoms with E-state index in [1.807, 2.05) is 12.1 Å². The van der Waals surface area contributed by atoms with Crippen LogP contribution < -0.4 is 11.1 Å². The molecule has 2 heterocycles. The molecule has 4 rings (SSSR count). The van der Waals surface area contributed by atoms with Gasteiger partial charge in [-0.25, -0.2) is 14.1 Å². The molecule has 8 nitrogen and oxygen atoms in total. The molecule has 3 N–H and O–H groups in total. The number of hydrogen-bond acceptors (Lipinski definition) is 6. The zero-order chi connectivity index (χ0) is 24.8. The number of aryl methyl sites for hydroxylation is 2. The first-order valence-electron chi connectivity index (χ1n) is 11.0. The van der Waals surface area contributed by atoms with Crippen LogP contribution in [0.15, 0.2) is 59.1 Å². The highest BCUT2D eigenvalue weighted by molar-refractivity contribution is 6.30. The number of nitrogens with zero attached hydrogens (tertiary/aromatic N) is 4. The van der Waals surface area contributed by atoms with Crippen molar-refractivity contribution in [2.24, 2.45) is 0 Å². The molecule has 35 heavy (non-hydrogen) atoms. The van der Waals surface area contributed by atoms with Gasteiger partial charge in [0.2, 0.25) is 5.91 Å². The van der Waals surface area contributed by atoms with Crippen LogP contribution in [0, 0.1) is 17.1 Å². The summed E-state index contributed by atoms with van der Waals surface area (Å²) in [5.74, 6) is 0.784. The summed E-state index contributed by atoms with van der Waals surface area (Å²) in [6, 6.07) is 15.0. The summed E-state index contributed by atoms with van der Waals surface area (Å²) in [5, 5.41) is 17.4. The molecule has 0 aliphatic carbocycles. The Balaban J connectivity index is 1.25. The Kier molecular flexibility index (Phi) is 7.43. The largest absolute Gasteiger partial charge is 0.441 e. The van der Waals surface area contributed by atoms with E-state index in [1.165, 1.54) is 28.9 Å². The predicted octanol–water partition coefficient (Wildman–Crippen LogP) is 4.46. The number of benzene rings is 2. The van der Waals surface area contributed by atoms with Crippen molar-refractivity contribution in [3.05, 3.63) is 82.7 Å². The smallest absolute Gasteiger partial charge is 0.220 e. The highest BCUT2D eigenvalue weighted by Crippen LogP contribution is 2.23. The van der Waals surface area contributed by atoms with Crippen molar-refractivity contribution in [2.75, 3.05) is 12.3 Å². The molecular formula is C25H22ClFN6O2. The Morgan fingerprint density at radius 3 is 2.63 bits per heavy atom. The SMILES string of the molecule is N#Cc1c(CCCNC(=O)CCc2ncc(-c3ccc(Cl)cc3)o2)nn(-c2ccc(F)cc2)c1N. The number of nitrogen functional groups attached to an aromatic ring is 1. The third-order valence-electron chi connectivity index (χ3n) is 5.34. The fraction of sp³-hybridized carbons (Fsp3) is 0.200. The summed E-state index contributed by atoms with van der Waals surface area (Å²) >= 11 is 5.90. The van der Waals surface area contributed by atoms with E-state index >= 15 is 0 Å². The quantitative estimate of drug-likeness (QED) is 0.333. The highest BCUT2D eigenvalue weighted by atomic mass is 35.5. The number of nitrogens with two attached hydrogens (primary N) is 1. The van der Waals surface area contributed by atoms with E-state index in [0.29, 0.717) is 53.9 Å². The summed E-state index contributed by atoms with van der Waals surface area (Å²) in [7, 11) is 0. The first-order valence-corrected chi connectivity index (χ1v) is 11.3. The van der Waals surface area contributed by atoms with Gasteiger partial charge in [-0.1, -0.05) is 11.6 Å². The molecule has 2 aromatic carbocycles. The van der Waals surface area contributed by atoms with Crippen molar-refractivity contribution >= 4 is 23.3 Å². The Morgan fingerprint density at radius 2 is 1.91 bits per heavy atom. The zero-order valence-corrected chi connectivity index (χ0v) is 19.4. The molecule has 0 bridgehead atoms. The molecule has 0 spiro atoms. The van der Waals surface area contributed by atoms with Crippen LogP contribution in [-0.2, 0) is 17.6 Å². The van der Waals surface area contributed by atoms with Gasteiger partial charge >= 0.3 is 0 Å². The molecule has 10 heteroatoms. The molecule has 178 valence electrons.